The highest BCUT2D eigenvalue weighted by atomic mass is 16.9. The second-order valence-corrected chi connectivity index (χ2v) is 9.83. The SMILES string of the molecule is O=C(/C=C/C(=O)OC(O)C(O)(OC1=CCCC1)OC1=CCCC1)OC(O)C(O)(OC1=CCCC1)OC1=CCCC1. The molecule has 0 aliphatic heterocycles. The number of rotatable bonds is 14. The van der Waals surface area contributed by atoms with Crippen molar-refractivity contribution in [3.8, 4) is 0 Å². The Morgan fingerprint density at radius 3 is 1.10 bits per heavy atom. The van der Waals surface area contributed by atoms with Crippen LogP contribution in [-0.2, 0) is 38.0 Å². The summed E-state index contributed by atoms with van der Waals surface area (Å²) < 4.78 is 31.5. The van der Waals surface area contributed by atoms with Crippen molar-refractivity contribution in [3.63, 3.8) is 0 Å². The van der Waals surface area contributed by atoms with E-state index in [9.17, 15) is 30.0 Å². The molecule has 4 N–H and O–H groups in total. The molecule has 4 aliphatic carbocycles. The second-order valence-electron chi connectivity index (χ2n) is 9.83. The molecule has 0 aromatic rings. The normalized spacial score (nSPS) is 20.8. The predicted octanol–water partition coefficient (Wildman–Crippen LogP) is 2.90. The van der Waals surface area contributed by atoms with Crippen molar-refractivity contribution in [2.45, 2.75) is 102 Å². The van der Waals surface area contributed by atoms with Gasteiger partial charge in [0.15, 0.2) is 0 Å². The fourth-order valence-corrected chi connectivity index (χ4v) is 4.51. The van der Waals surface area contributed by atoms with Crippen LogP contribution in [0.2, 0.25) is 0 Å². The fourth-order valence-electron chi connectivity index (χ4n) is 4.51. The number of allylic oxidation sites excluding steroid dienone is 8. The molecule has 0 bridgehead atoms. The van der Waals surface area contributed by atoms with Gasteiger partial charge in [-0.2, -0.15) is 0 Å². The molecule has 12 nitrogen and oxygen atoms in total. The van der Waals surface area contributed by atoms with Crippen molar-refractivity contribution in [1.82, 2.24) is 0 Å². The minimum Gasteiger partial charge on any atom is -0.430 e. The van der Waals surface area contributed by atoms with Gasteiger partial charge in [0.05, 0.1) is 23.0 Å². The van der Waals surface area contributed by atoms with E-state index in [1.165, 1.54) is 0 Å². The van der Waals surface area contributed by atoms with E-state index in [0.717, 1.165) is 51.4 Å². The number of aliphatic hydroxyl groups is 4. The van der Waals surface area contributed by atoms with Gasteiger partial charge < -0.3 is 48.8 Å². The first-order chi connectivity index (χ1) is 19.1. The van der Waals surface area contributed by atoms with Gasteiger partial charge in [-0.1, -0.05) is 0 Å². The van der Waals surface area contributed by atoms with Gasteiger partial charge in [-0.3, -0.25) is 0 Å². The highest BCUT2D eigenvalue weighted by Crippen LogP contribution is 2.33. The van der Waals surface area contributed by atoms with Crippen LogP contribution in [0.15, 0.2) is 59.5 Å². The van der Waals surface area contributed by atoms with E-state index < -0.39 is 36.5 Å². The lowest BCUT2D eigenvalue weighted by molar-refractivity contribution is -0.407. The summed E-state index contributed by atoms with van der Waals surface area (Å²) in [7, 11) is 0. The van der Waals surface area contributed by atoms with E-state index in [1.54, 1.807) is 24.3 Å². The van der Waals surface area contributed by atoms with E-state index in [2.05, 4.69) is 0 Å². The van der Waals surface area contributed by atoms with Gasteiger partial charge in [0.2, 0.25) is 0 Å². The Kier molecular flexibility index (Phi) is 9.90. The molecule has 2 atom stereocenters. The van der Waals surface area contributed by atoms with Crippen molar-refractivity contribution in [1.29, 1.82) is 0 Å². The summed E-state index contributed by atoms with van der Waals surface area (Å²) in [6, 6.07) is 0. The minimum atomic E-state index is -2.71. The molecule has 0 fully saturated rings. The Labute approximate surface area is 231 Å². The maximum Gasteiger partial charge on any atom is 0.435 e. The third kappa shape index (κ3) is 8.10. The number of carbonyl (C=O) groups is 2. The van der Waals surface area contributed by atoms with Crippen LogP contribution in [0.3, 0.4) is 0 Å². The van der Waals surface area contributed by atoms with Crippen LogP contribution in [0.25, 0.3) is 0 Å². The fraction of sp³-hybridized carbons (Fsp3) is 0.571. The molecule has 4 rings (SSSR count). The van der Waals surface area contributed by atoms with Gasteiger partial charge in [-0.15, -0.1) is 0 Å². The highest BCUT2D eigenvalue weighted by molar-refractivity contribution is 5.91. The summed E-state index contributed by atoms with van der Waals surface area (Å²) in [4.78, 5) is 24.6. The second kappa shape index (κ2) is 13.4. The van der Waals surface area contributed by atoms with Crippen molar-refractivity contribution in [2.75, 3.05) is 0 Å². The number of esters is 2. The van der Waals surface area contributed by atoms with Gasteiger partial charge in [-0.25, -0.2) is 9.59 Å². The molecule has 4 aliphatic rings. The van der Waals surface area contributed by atoms with Crippen molar-refractivity contribution in [3.05, 3.63) is 59.5 Å². The van der Waals surface area contributed by atoms with Crippen molar-refractivity contribution < 1.29 is 58.4 Å². The maximum absolute atomic E-state index is 12.3. The van der Waals surface area contributed by atoms with Crippen molar-refractivity contribution >= 4 is 11.9 Å². The zero-order valence-electron chi connectivity index (χ0n) is 22.2. The molecule has 0 amide bonds. The van der Waals surface area contributed by atoms with Crippen molar-refractivity contribution in [2.24, 2.45) is 0 Å². The van der Waals surface area contributed by atoms with E-state index in [1.807, 2.05) is 0 Å². The smallest absolute Gasteiger partial charge is 0.430 e. The maximum atomic E-state index is 12.3. The Morgan fingerprint density at radius 2 is 0.875 bits per heavy atom. The topological polar surface area (TPSA) is 170 Å². The van der Waals surface area contributed by atoms with Crippen LogP contribution in [-0.4, -0.2) is 56.9 Å². The summed E-state index contributed by atoms with van der Waals surface area (Å²) in [6.07, 6.45) is 11.7. The van der Waals surface area contributed by atoms with Gasteiger partial charge in [0, 0.05) is 37.8 Å². The molecule has 220 valence electrons. The summed E-state index contributed by atoms with van der Waals surface area (Å²) in [5.74, 6) is -6.40. The molecule has 40 heavy (non-hydrogen) atoms. The lowest BCUT2D eigenvalue weighted by Crippen LogP contribution is -2.49. The average Bonchev–Trinajstić information content (AvgIpc) is 3.72. The van der Waals surface area contributed by atoms with E-state index in [4.69, 9.17) is 28.4 Å². The summed E-state index contributed by atoms with van der Waals surface area (Å²) in [6.45, 7) is 0. The molecule has 2 unspecified atom stereocenters. The number of aliphatic hydroxyl groups excluding tert-OH is 2. The highest BCUT2D eigenvalue weighted by Gasteiger charge is 2.47. The zero-order chi connectivity index (χ0) is 28.6. The summed E-state index contributed by atoms with van der Waals surface area (Å²) in [5.41, 5.74) is 0. The van der Waals surface area contributed by atoms with E-state index >= 15 is 0 Å². The molecule has 0 aromatic carbocycles. The number of hydrogen-bond acceptors (Lipinski definition) is 12. The van der Waals surface area contributed by atoms with Gasteiger partial charge >= 0.3 is 36.5 Å². The molecular weight excluding hydrogens is 528 g/mol. The van der Waals surface area contributed by atoms with Gasteiger partial charge in [0.25, 0.3) is 0 Å². The minimum absolute atomic E-state index is 0.378. The van der Waals surface area contributed by atoms with Crippen LogP contribution in [0.4, 0.5) is 0 Å². The number of carbonyl (C=O) groups excluding carboxylic acids is 2. The van der Waals surface area contributed by atoms with Crippen LogP contribution >= 0.6 is 0 Å². The molecule has 0 spiro atoms. The third-order valence-corrected chi connectivity index (χ3v) is 6.54. The Bertz CT molecular complexity index is 949. The monoisotopic (exact) mass is 564 g/mol. The van der Waals surface area contributed by atoms with Crippen LogP contribution < -0.4 is 0 Å². The molecule has 0 aromatic heterocycles. The first-order valence-corrected chi connectivity index (χ1v) is 13.6. The molecule has 12 heteroatoms. The third-order valence-electron chi connectivity index (χ3n) is 6.54. The van der Waals surface area contributed by atoms with Crippen LogP contribution in [0, 0.1) is 0 Å². The summed E-state index contributed by atoms with van der Waals surface area (Å²) >= 11 is 0. The first-order valence-electron chi connectivity index (χ1n) is 13.6. The standard InChI is InChI=1S/C28H36O12/c29-23(35-25(31)27(33,37-19-9-1-2-10-19)38-20-11-3-4-12-20)17-18-24(30)36-26(32)28(34,39-21-13-5-6-14-21)40-22-15-7-8-16-22/h9,11,13,15,17-18,25-26,31-34H,1-8,10,12,14,16H2/b18-17+. The first kappa shape index (κ1) is 29.7. The lowest BCUT2D eigenvalue weighted by atomic mass is 10.3. The van der Waals surface area contributed by atoms with Gasteiger partial charge in [0.1, 0.15) is 0 Å². The Morgan fingerprint density at radius 1 is 0.600 bits per heavy atom. The number of hydrogen-bond donors (Lipinski definition) is 4. The van der Waals surface area contributed by atoms with Gasteiger partial charge in [-0.05, 0) is 75.7 Å². The molecular formula is C28H36O12. The quantitative estimate of drug-likeness (QED) is 0.138. The molecule has 0 radical (unpaired) electrons. The number of ether oxygens (including phenoxy) is 6. The molecule has 0 saturated carbocycles. The molecule has 0 saturated heterocycles. The molecule has 0 heterocycles. The van der Waals surface area contributed by atoms with E-state index in [-0.39, 0.29) is 0 Å². The predicted molar refractivity (Wildman–Crippen MR) is 135 cm³/mol. The van der Waals surface area contributed by atoms with E-state index in [0.29, 0.717) is 60.9 Å². The van der Waals surface area contributed by atoms with Crippen LogP contribution in [0.5, 0.6) is 0 Å². The Balaban J connectivity index is 1.35. The zero-order valence-corrected chi connectivity index (χ0v) is 22.2. The average molecular weight is 565 g/mol. The Hall–Kier alpha value is -3.32. The lowest BCUT2D eigenvalue weighted by Gasteiger charge is -2.32. The van der Waals surface area contributed by atoms with Crippen LogP contribution in [0.1, 0.15) is 77.0 Å². The largest absolute Gasteiger partial charge is 0.435 e. The summed E-state index contributed by atoms with van der Waals surface area (Å²) in [5, 5.41) is 42.8.